The number of hydrogen-bond acceptors (Lipinski definition) is 6. The van der Waals surface area contributed by atoms with Crippen LogP contribution in [-0.2, 0) is 27.7 Å². The van der Waals surface area contributed by atoms with Crippen LogP contribution in [0.15, 0.2) is 0 Å². The van der Waals surface area contributed by atoms with Crippen molar-refractivity contribution in [3.8, 4) is 0 Å². The first-order valence-electron chi connectivity index (χ1n) is 8.55. The summed E-state index contributed by atoms with van der Waals surface area (Å²) >= 11 is 0. The fraction of sp³-hybridized carbons (Fsp3) is 0.706. The summed E-state index contributed by atoms with van der Waals surface area (Å²) < 4.78 is 18.0. The molecule has 25 heavy (non-hydrogen) atoms. The molecule has 2 bridgehead atoms. The van der Waals surface area contributed by atoms with Crippen LogP contribution in [-0.4, -0.2) is 58.2 Å². The molecule has 2 aliphatic heterocycles. The summed E-state index contributed by atoms with van der Waals surface area (Å²) in [5.41, 5.74) is 1.32. The SMILES string of the molecule is CCOC(=O)c1c2c(nn1C)C[C@H]1COC[C@@H]2N1C(=O)OC(C)(C)C. The van der Waals surface area contributed by atoms with Crippen LogP contribution in [0.1, 0.15) is 55.5 Å². The molecule has 3 rings (SSSR count). The highest BCUT2D eigenvalue weighted by atomic mass is 16.6. The van der Waals surface area contributed by atoms with Crippen molar-refractivity contribution in [1.29, 1.82) is 0 Å². The first kappa shape index (κ1) is 17.7. The van der Waals surface area contributed by atoms with Gasteiger partial charge >= 0.3 is 12.1 Å². The van der Waals surface area contributed by atoms with Gasteiger partial charge in [0.2, 0.25) is 0 Å². The van der Waals surface area contributed by atoms with Crippen molar-refractivity contribution < 1.29 is 23.8 Å². The highest BCUT2D eigenvalue weighted by Gasteiger charge is 2.46. The van der Waals surface area contributed by atoms with Crippen LogP contribution in [0.25, 0.3) is 0 Å². The molecule has 8 heteroatoms. The number of esters is 1. The minimum absolute atomic E-state index is 0.147. The lowest BCUT2D eigenvalue weighted by atomic mass is 9.90. The third kappa shape index (κ3) is 3.22. The van der Waals surface area contributed by atoms with Gasteiger partial charge in [-0.25, -0.2) is 9.59 Å². The Morgan fingerprint density at radius 2 is 2.04 bits per heavy atom. The lowest BCUT2D eigenvalue weighted by Crippen LogP contribution is -2.55. The van der Waals surface area contributed by atoms with Crippen LogP contribution in [0.5, 0.6) is 0 Å². The Hall–Kier alpha value is -2.09. The summed E-state index contributed by atoms with van der Waals surface area (Å²) in [7, 11) is 1.72. The Kier molecular flexibility index (Phi) is 4.49. The van der Waals surface area contributed by atoms with Gasteiger partial charge < -0.3 is 14.2 Å². The molecule has 0 spiro atoms. The van der Waals surface area contributed by atoms with E-state index in [-0.39, 0.29) is 12.6 Å². The van der Waals surface area contributed by atoms with E-state index in [0.29, 0.717) is 30.9 Å². The molecule has 0 aliphatic carbocycles. The van der Waals surface area contributed by atoms with Gasteiger partial charge in [0.15, 0.2) is 5.69 Å². The Morgan fingerprint density at radius 1 is 1.32 bits per heavy atom. The number of carbonyl (C=O) groups excluding carboxylic acids is 2. The van der Waals surface area contributed by atoms with E-state index < -0.39 is 23.7 Å². The molecule has 1 aromatic heterocycles. The largest absolute Gasteiger partial charge is 0.461 e. The Bertz CT molecular complexity index is 691. The maximum absolute atomic E-state index is 12.8. The number of morpholine rings is 1. The number of amides is 1. The summed E-state index contributed by atoms with van der Waals surface area (Å²) in [5, 5.41) is 4.49. The zero-order valence-electron chi connectivity index (χ0n) is 15.4. The van der Waals surface area contributed by atoms with Crippen molar-refractivity contribution in [1.82, 2.24) is 14.7 Å². The third-order valence-electron chi connectivity index (χ3n) is 4.31. The quantitative estimate of drug-likeness (QED) is 0.756. The predicted octanol–water partition coefficient (Wildman–Crippen LogP) is 1.83. The zero-order valence-corrected chi connectivity index (χ0v) is 15.4. The number of aromatic nitrogens is 2. The smallest absolute Gasteiger partial charge is 0.411 e. The van der Waals surface area contributed by atoms with Gasteiger partial charge in [0.1, 0.15) is 5.60 Å². The Morgan fingerprint density at radius 3 is 2.68 bits per heavy atom. The van der Waals surface area contributed by atoms with Crippen molar-refractivity contribution >= 4 is 12.1 Å². The van der Waals surface area contributed by atoms with Crippen molar-refractivity contribution in [2.45, 2.75) is 51.8 Å². The molecular formula is C17H25N3O5. The van der Waals surface area contributed by atoms with E-state index in [2.05, 4.69) is 5.10 Å². The van der Waals surface area contributed by atoms with Gasteiger partial charge in [-0.05, 0) is 27.7 Å². The van der Waals surface area contributed by atoms with E-state index in [0.717, 1.165) is 5.69 Å². The van der Waals surface area contributed by atoms with E-state index in [1.165, 1.54) is 4.68 Å². The molecule has 0 N–H and O–H groups in total. The van der Waals surface area contributed by atoms with Crippen LogP contribution < -0.4 is 0 Å². The van der Waals surface area contributed by atoms with Crippen molar-refractivity contribution in [3.05, 3.63) is 17.0 Å². The van der Waals surface area contributed by atoms with Gasteiger partial charge in [-0.2, -0.15) is 5.10 Å². The number of rotatable bonds is 2. The molecule has 1 amide bonds. The maximum atomic E-state index is 12.8. The zero-order chi connectivity index (χ0) is 18.4. The fourth-order valence-corrected chi connectivity index (χ4v) is 3.46. The van der Waals surface area contributed by atoms with Crippen LogP contribution >= 0.6 is 0 Å². The molecule has 3 heterocycles. The molecule has 138 valence electrons. The standard InChI is InChI=1S/C17H25N3O5/c1-6-24-15(21)14-13-11(18-19(14)5)7-10-8-23-9-12(13)20(10)16(22)25-17(2,3)4/h10,12H,6-9H2,1-5H3/t10-,12-/m0/s1. The summed E-state index contributed by atoms with van der Waals surface area (Å²) in [4.78, 5) is 26.9. The second kappa shape index (κ2) is 6.33. The number of fused-ring (bicyclic) bond motifs is 4. The normalized spacial score (nSPS) is 22.4. The topological polar surface area (TPSA) is 82.9 Å². The number of aryl methyl sites for hydroxylation is 1. The number of nitrogens with zero attached hydrogens (tertiary/aromatic N) is 3. The second-order valence-corrected chi connectivity index (χ2v) is 7.35. The maximum Gasteiger partial charge on any atom is 0.411 e. The highest BCUT2D eigenvalue weighted by molar-refractivity contribution is 5.90. The minimum Gasteiger partial charge on any atom is -0.461 e. The van der Waals surface area contributed by atoms with Gasteiger partial charge in [-0.15, -0.1) is 0 Å². The molecule has 8 nitrogen and oxygen atoms in total. The second-order valence-electron chi connectivity index (χ2n) is 7.35. The van der Waals surface area contributed by atoms with E-state index >= 15 is 0 Å². The molecular weight excluding hydrogens is 326 g/mol. The summed E-state index contributed by atoms with van der Waals surface area (Å²) in [6.07, 6.45) is 0.133. The number of hydrogen-bond donors (Lipinski definition) is 0. The van der Waals surface area contributed by atoms with Crippen molar-refractivity contribution in [3.63, 3.8) is 0 Å². The molecule has 2 aliphatic rings. The molecule has 0 saturated carbocycles. The average molecular weight is 351 g/mol. The Labute approximate surface area is 147 Å². The van der Waals surface area contributed by atoms with Crippen LogP contribution in [0.4, 0.5) is 4.79 Å². The predicted molar refractivity (Wildman–Crippen MR) is 88.3 cm³/mol. The summed E-state index contributed by atoms with van der Waals surface area (Å²) in [6, 6.07) is -0.545. The molecule has 2 atom stereocenters. The number of carbonyl (C=O) groups is 2. The minimum atomic E-state index is -0.592. The highest BCUT2D eigenvalue weighted by Crippen LogP contribution is 2.39. The van der Waals surface area contributed by atoms with Gasteiger partial charge in [0.05, 0.1) is 37.6 Å². The average Bonchev–Trinajstić information content (AvgIpc) is 2.81. The first-order chi connectivity index (χ1) is 11.7. The molecule has 0 aromatic carbocycles. The van der Waals surface area contributed by atoms with E-state index in [9.17, 15) is 9.59 Å². The summed E-state index contributed by atoms with van der Waals surface area (Å²) in [6.45, 7) is 8.27. The summed E-state index contributed by atoms with van der Waals surface area (Å²) in [5.74, 6) is -0.438. The molecule has 0 radical (unpaired) electrons. The molecule has 1 aromatic rings. The van der Waals surface area contributed by atoms with Gasteiger partial charge in [-0.1, -0.05) is 0 Å². The van der Waals surface area contributed by atoms with Crippen molar-refractivity contribution in [2.24, 2.45) is 7.05 Å². The van der Waals surface area contributed by atoms with Crippen LogP contribution in [0.2, 0.25) is 0 Å². The fourth-order valence-electron chi connectivity index (χ4n) is 3.46. The van der Waals surface area contributed by atoms with Gasteiger partial charge in [-0.3, -0.25) is 9.58 Å². The third-order valence-corrected chi connectivity index (χ3v) is 4.31. The van der Waals surface area contributed by atoms with Gasteiger partial charge in [0, 0.05) is 19.0 Å². The number of ether oxygens (including phenoxy) is 3. The molecule has 0 unspecified atom stereocenters. The lowest BCUT2D eigenvalue weighted by Gasteiger charge is -2.45. The monoisotopic (exact) mass is 351 g/mol. The van der Waals surface area contributed by atoms with E-state index in [4.69, 9.17) is 14.2 Å². The van der Waals surface area contributed by atoms with Crippen molar-refractivity contribution in [2.75, 3.05) is 19.8 Å². The van der Waals surface area contributed by atoms with Crippen LogP contribution in [0, 0.1) is 0 Å². The Balaban J connectivity index is 2.00. The molecule has 1 saturated heterocycles. The first-order valence-corrected chi connectivity index (χ1v) is 8.55. The van der Waals surface area contributed by atoms with Gasteiger partial charge in [0.25, 0.3) is 0 Å². The molecule has 1 fully saturated rings. The van der Waals surface area contributed by atoms with Crippen LogP contribution in [0.3, 0.4) is 0 Å². The lowest BCUT2D eigenvalue weighted by molar-refractivity contribution is -0.0677. The van der Waals surface area contributed by atoms with E-state index in [1.54, 1.807) is 18.9 Å². The van der Waals surface area contributed by atoms with E-state index in [1.807, 2.05) is 20.8 Å².